The first-order valence-electron chi connectivity index (χ1n) is 12.3. The number of para-hydroxylation sites is 1. The Labute approximate surface area is 211 Å². The van der Waals surface area contributed by atoms with Crippen molar-refractivity contribution in [2.45, 2.75) is 38.8 Å². The number of amides is 2. The fourth-order valence-corrected chi connectivity index (χ4v) is 4.92. The van der Waals surface area contributed by atoms with Crippen molar-refractivity contribution in [2.24, 2.45) is 0 Å². The van der Waals surface area contributed by atoms with Gasteiger partial charge >= 0.3 is 0 Å². The molecule has 1 aliphatic rings. The Hall–Kier alpha value is -4.12. The van der Waals surface area contributed by atoms with E-state index in [0.717, 1.165) is 38.9 Å². The van der Waals surface area contributed by atoms with E-state index in [-0.39, 0.29) is 18.2 Å². The highest BCUT2D eigenvalue weighted by Gasteiger charge is 2.38. The average Bonchev–Trinajstić information content (AvgIpc) is 3.13. The van der Waals surface area contributed by atoms with E-state index < -0.39 is 11.6 Å². The number of aromatic amines is 1. The lowest BCUT2D eigenvalue weighted by Crippen LogP contribution is -2.49. The van der Waals surface area contributed by atoms with Gasteiger partial charge in [-0.25, -0.2) is 0 Å². The van der Waals surface area contributed by atoms with Crippen LogP contribution in [0.25, 0.3) is 16.5 Å². The number of carbonyl (C=O) groups is 2. The van der Waals surface area contributed by atoms with Crippen molar-refractivity contribution in [2.75, 3.05) is 6.54 Å². The van der Waals surface area contributed by atoms with E-state index in [1.807, 2.05) is 87.5 Å². The van der Waals surface area contributed by atoms with Gasteiger partial charge in [-0.05, 0) is 43.5 Å². The Kier molecular flexibility index (Phi) is 6.23. The third-order valence-corrected chi connectivity index (χ3v) is 6.43. The molecule has 0 saturated carbocycles. The Morgan fingerprint density at radius 2 is 1.56 bits per heavy atom. The maximum absolute atomic E-state index is 13.9. The average molecular weight is 478 g/mol. The van der Waals surface area contributed by atoms with Crippen LogP contribution in [-0.2, 0) is 16.0 Å². The molecule has 1 aliphatic heterocycles. The van der Waals surface area contributed by atoms with Crippen LogP contribution in [0.4, 0.5) is 0 Å². The van der Waals surface area contributed by atoms with Gasteiger partial charge in [0, 0.05) is 28.6 Å². The molecule has 0 aliphatic carbocycles. The van der Waals surface area contributed by atoms with Gasteiger partial charge in [-0.2, -0.15) is 0 Å². The molecule has 1 unspecified atom stereocenters. The molecule has 2 heterocycles. The van der Waals surface area contributed by atoms with Gasteiger partial charge in [0.2, 0.25) is 11.8 Å². The molecule has 36 heavy (non-hydrogen) atoms. The summed E-state index contributed by atoms with van der Waals surface area (Å²) in [6, 6.07) is 27.1. The van der Waals surface area contributed by atoms with Crippen molar-refractivity contribution in [3.63, 3.8) is 0 Å². The highest BCUT2D eigenvalue weighted by Crippen LogP contribution is 2.40. The van der Waals surface area contributed by atoms with Crippen LogP contribution in [-0.4, -0.2) is 33.8 Å². The first-order valence-corrected chi connectivity index (χ1v) is 12.3. The summed E-state index contributed by atoms with van der Waals surface area (Å²) in [7, 11) is 0. The van der Waals surface area contributed by atoms with Gasteiger partial charge < -0.3 is 15.2 Å². The molecule has 0 saturated heterocycles. The summed E-state index contributed by atoms with van der Waals surface area (Å²) in [6.45, 7) is 6.20. The van der Waals surface area contributed by atoms with Crippen molar-refractivity contribution in [1.29, 1.82) is 0 Å². The number of aromatic nitrogens is 1. The number of rotatable bonds is 4. The Bertz CT molecular complexity index is 1430. The van der Waals surface area contributed by atoms with Crippen molar-refractivity contribution in [3.05, 3.63) is 113 Å². The van der Waals surface area contributed by atoms with Crippen LogP contribution in [0, 0.1) is 0 Å². The summed E-state index contributed by atoms with van der Waals surface area (Å²) in [4.78, 5) is 32.9. The molecule has 4 aromatic rings. The number of benzene rings is 3. The Morgan fingerprint density at radius 1 is 0.917 bits per heavy atom. The summed E-state index contributed by atoms with van der Waals surface area (Å²) < 4.78 is 0. The smallest absolute Gasteiger partial charge is 0.249 e. The zero-order valence-corrected chi connectivity index (χ0v) is 20.9. The molecular weight excluding hydrogens is 446 g/mol. The molecule has 0 bridgehead atoms. The normalized spacial score (nSPS) is 15.7. The van der Waals surface area contributed by atoms with Crippen molar-refractivity contribution in [1.82, 2.24) is 15.2 Å². The SMILES string of the molecule is CC(C)(C)NC(=O)C1c2[nH]c3ccccc3c2C(c2ccccc2)=CCN1C(=O)Cc1ccccc1. The standard InChI is InChI=1S/C31H31N3O2/c1-31(2,3)33-30(36)29-28-27(24-16-10-11-17-25(24)32-28)23(22-14-8-5-9-15-22)18-19-34(29)26(35)20-21-12-6-4-7-13-21/h4-18,29,32H,19-20H2,1-3H3,(H,33,36). The highest BCUT2D eigenvalue weighted by atomic mass is 16.2. The molecule has 0 spiro atoms. The zero-order chi connectivity index (χ0) is 25.3. The van der Waals surface area contributed by atoms with E-state index in [2.05, 4.69) is 34.6 Å². The predicted octanol–water partition coefficient (Wildman–Crippen LogP) is 5.64. The summed E-state index contributed by atoms with van der Waals surface area (Å²) in [6.07, 6.45) is 2.31. The quantitative estimate of drug-likeness (QED) is 0.399. The van der Waals surface area contributed by atoms with Crippen molar-refractivity contribution >= 4 is 28.3 Å². The Morgan fingerprint density at radius 3 is 2.25 bits per heavy atom. The molecule has 0 fully saturated rings. The second-order valence-electron chi connectivity index (χ2n) is 10.3. The first kappa shape index (κ1) is 23.6. The lowest BCUT2D eigenvalue weighted by atomic mass is 9.93. The van der Waals surface area contributed by atoms with Crippen LogP contribution >= 0.6 is 0 Å². The Balaban J connectivity index is 1.69. The lowest BCUT2D eigenvalue weighted by molar-refractivity contribution is -0.140. The molecule has 1 atom stereocenters. The van der Waals surface area contributed by atoms with Gasteiger partial charge in [0.25, 0.3) is 0 Å². The van der Waals surface area contributed by atoms with E-state index in [0.29, 0.717) is 6.54 Å². The van der Waals surface area contributed by atoms with Crippen LogP contribution in [0.15, 0.2) is 91.0 Å². The van der Waals surface area contributed by atoms with Gasteiger partial charge in [-0.1, -0.05) is 84.9 Å². The summed E-state index contributed by atoms with van der Waals surface area (Å²) >= 11 is 0. The second kappa shape index (κ2) is 9.50. The second-order valence-corrected chi connectivity index (χ2v) is 10.3. The zero-order valence-electron chi connectivity index (χ0n) is 20.9. The molecular formula is C31H31N3O2. The molecule has 5 heteroatoms. The number of hydrogen-bond donors (Lipinski definition) is 2. The maximum Gasteiger partial charge on any atom is 0.249 e. The summed E-state index contributed by atoms with van der Waals surface area (Å²) in [5, 5.41) is 4.16. The molecule has 2 N–H and O–H groups in total. The van der Waals surface area contributed by atoms with Crippen LogP contribution in [0.1, 0.15) is 49.2 Å². The third-order valence-electron chi connectivity index (χ3n) is 6.43. The topological polar surface area (TPSA) is 65.2 Å². The van der Waals surface area contributed by atoms with Crippen LogP contribution in [0.2, 0.25) is 0 Å². The van der Waals surface area contributed by atoms with Gasteiger partial charge in [0.1, 0.15) is 0 Å². The molecule has 1 aromatic heterocycles. The van der Waals surface area contributed by atoms with Crippen LogP contribution in [0.5, 0.6) is 0 Å². The van der Waals surface area contributed by atoms with Crippen molar-refractivity contribution in [3.8, 4) is 0 Å². The van der Waals surface area contributed by atoms with Crippen LogP contribution < -0.4 is 5.32 Å². The van der Waals surface area contributed by atoms with Gasteiger partial charge in [0.15, 0.2) is 6.04 Å². The highest BCUT2D eigenvalue weighted by molar-refractivity contribution is 6.02. The fourth-order valence-electron chi connectivity index (χ4n) is 4.92. The summed E-state index contributed by atoms with van der Waals surface area (Å²) in [5.74, 6) is -0.287. The lowest BCUT2D eigenvalue weighted by Gasteiger charge is -2.32. The van der Waals surface area contributed by atoms with Gasteiger partial charge in [-0.15, -0.1) is 0 Å². The monoisotopic (exact) mass is 477 g/mol. The minimum absolute atomic E-state index is 0.0922. The maximum atomic E-state index is 13.9. The number of carbonyl (C=O) groups excluding carboxylic acids is 2. The van der Waals surface area contributed by atoms with E-state index in [1.54, 1.807) is 4.90 Å². The van der Waals surface area contributed by atoms with E-state index in [1.165, 1.54) is 0 Å². The van der Waals surface area contributed by atoms with Gasteiger partial charge in [0.05, 0.1) is 12.1 Å². The van der Waals surface area contributed by atoms with Crippen LogP contribution in [0.3, 0.4) is 0 Å². The van der Waals surface area contributed by atoms with E-state index in [4.69, 9.17) is 0 Å². The molecule has 2 amide bonds. The molecule has 5 nitrogen and oxygen atoms in total. The van der Waals surface area contributed by atoms with E-state index >= 15 is 0 Å². The number of H-pyrrole nitrogens is 1. The first-order chi connectivity index (χ1) is 17.3. The predicted molar refractivity (Wildman–Crippen MR) is 144 cm³/mol. The molecule has 5 rings (SSSR count). The van der Waals surface area contributed by atoms with E-state index in [9.17, 15) is 9.59 Å². The number of nitrogens with one attached hydrogen (secondary N) is 2. The minimum Gasteiger partial charge on any atom is -0.356 e. The molecule has 3 aromatic carbocycles. The largest absolute Gasteiger partial charge is 0.356 e. The summed E-state index contributed by atoms with van der Waals surface area (Å²) in [5.41, 5.74) is 5.20. The number of hydrogen-bond acceptors (Lipinski definition) is 2. The van der Waals surface area contributed by atoms with Gasteiger partial charge in [-0.3, -0.25) is 9.59 Å². The minimum atomic E-state index is -0.791. The number of fused-ring (bicyclic) bond motifs is 3. The fraction of sp³-hybridized carbons (Fsp3) is 0.226. The molecule has 182 valence electrons. The van der Waals surface area contributed by atoms with Crippen molar-refractivity contribution < 1.29 is 9.59 Å². The third kappa shape index (κ3) is 4.69. The number of nitrogens with zero attached hydrogens (tertiary/aromatic N) is 1. The molecule has 0 radical (unpaired) electrons.